The van der Waals surface area contributed by atoms with Crippen LogP contribution in [0.1, 0.15) is 6.92 Å². The van der Waals surface area contributed by atoms with Crippen LogP contribution in [0.5, 0.6) is 0 Å². The molecule has 2 unspecified atom stereocenters. The molecule has 1 heterocycles. The maximum atomic E-state index is 12.6. The highest BCUT2D eigenvalue weighted by Gasteiger charge is 2.29. The molecular weight excluding hydrogens is 254 g/mol. The molecule has 5 heteroatoms. The molecule has 0 fully saturated rings. The molecule has 1 aromatic rings. The number of benzene rings is 1. The molecule has 1 amide bonds. The van der Waals surface area contributed by atoms with Crippen LogP contribution < -0.4 is 15.5 Å². The summed E-state index contributed by atoms with van der Waals surface area (Å²) in [6, 6.07) is 7.33. The number of nitrogens with two attached hydrogens (primary N) is 1. The summed E-state index contributed by atoms with van der Waals surface area (Å²) >= 11 is 0. The third-order valence-electron chi connectivity index (χ3n) is 3.59. The molecule has 2 atom stereocenters. The van der Waals surface area contributed by atoms with E-state index >= 15 is 0 Å². The quantitative estimate of drug-likeness (QED) is 0.898. The second kappa shape index (κ2) is 6.24. The summed E-state index contributed by atoms with van der Waals surface area (Å²) in [4.78, 5) is 16.5. The molecule has 20 heavy (non-hydrogen) atoms. The van der Waals surface area contributed by atoms with Gasteiger partial charge in [0, 0.05) is 27.2 Å². The van der Waals surface area contributed by atoms with Gasteiger partial charge in [-0.3, -0.25) is 4.79 Å². The summed E-state index contributed by atoms with van der Waals surface area (Å²) < 4.78 is 5.00. The molecule has 0 saturated heterocycles. The van der Waals surface area contributed by atoms with E-state index in [0.717, 1.165) is 17.9 Å². The van der Waals surface area contributed by atoms with Crippen molar-refractivity contribution in [1.82, 2.24) is 0 Å². The highest BCUT2D eigenvalue weighted by molar-refractivity contribution is 6.00. The van der Waals surface area contributed by atoms with E-state index in [-0.39, 0.29) is 12.5 Å². The number of anilines is 2. The highest BCUT2D eigenvalue weighted by atomic mass is 16.5. The molecule has 0 spiro atoms. The molecule has 1 aromatic carbocycles. The smallest absolute Gasteiger partial charge is 0.246 e. The molecule has 2 N–H and O–H groups in total. The lowest BCUT2D eigenvalue weighted by atomic mass is 10.1. The van der Waals surface area contributed by atoms with Gasteiger partial charge in [-0.05, 0) is 18.1 Å². The number of para-hydroxylation sites is 2. The van der Waals surface area contributed by atoms with E-state index in [1.165, 1.54) is 0 Å². The van der Waals surface area contributed by atoms with Crippen LogP contribution in [0.25, 0.3) is 0 Å². The summed E-state index contributed by atoms with van der Waals surface area (Å²) in [6.07, 6.45) is 0. The Morgan fingerprint density at radius 2 is 2.05 bits per heavy atom. The van der Waals surface area contributed by atoms with E-state index in [0.29, 0.717) is 12.5 Å². The number of nitrogens with zero attached hydrogens (tertiary/aromatic N) is 2. The number of amides is 1. The van der Waals surface area contributed by atoms with E-state index in [9.17, 15) is 4.79 Å². The number of carbonyl (C=O) groups excluding carboxylic acids is 1. The Morgan fingerprint density at radius 1 is 1.40 bits per heavy atom. The van der Waals surface area contributed by atoms with Gasteiger partial charge >= 0.3 is 0 Å². The fraction of sp³-hybridized carbons (Fsp3) is 0.533. The monoisotopic (exact) mass is 277 g/mol. The van der Waals surface area contributed by atoms with Gasteiger partial charge in [0.05, 0.1) is 18.0 Å². The van der Waals surface area contributed by atoms with Gasteiger partial charge in [-0.1, -0.05) is 19.1 Å². The summed E-state index contributed by atoms with van der Waals surface area (Å²) in [5, 5.41) is 0. The second-order valence-electron chi connectivity index (χ2n) is 5.49. The molecule has 1 aliphatic rings. The van der Waals surface area contributed by atoms with Crippen molar-refractivity contribution in [3.05, 3.63) is 24.3 Å². The van der Waals surface area contributed by atoms with E-state index < -0.39 is 6.04 Å². The Bertz CT molecular complexity index is 478. The molecule has 0 aromatic heterocycles. The molecular formula is C15H23N3O2. The van der Waals surface area contributed by atoms with Crippen molar-refractivity contribution in [3.63, 3.8) is 0 Å². The summed E-state index contributed by atoms with van der Waals surface area (Å²) in [7, 11) is 3.61. The third kappa shape index (κ3) is 2.94. The van der Waals surface area contributed by atoms with Crippen LogP contribution in [0.15, 0.2) is 24.3 Å². The second-order valence-corrected chi connectivity index (χ2v) is 5.49. The van der Waals surface area contributed by atoms with Crippen LogP contribution in [0.3, 0.4) is 0 Å². The van der Waals surface area contributed by atoms with Crippen LogP contribution >= 0.6 is 0 Å². The van der Waals surface area contributed by atoms with Crippen molar-refractivity contribution in [3.8, 4) is 0 Å². The molecule has 5 nitrogen and oxygen atoms in total. The SMILES string of the molecule is COCC(N)C(=O)N1CC(C)CN(C)c2ccccc21. The van der Waals surface area contributed by atoms with Gasteiger partial charge < -0.3 is 20.3 Å². The number of rotatable bonds is 3. The minimum absolute atomic E-state index is 0.0820. The topological polar surface area (TPSA) is 58.8 Å². The van der Waals surface area contributed by atoms with Gasteiger partial charge in [-0.15, -0.1) is 0 Å². The number of hydrogen-bond donors (Lipinski definition) is 1. The van der Waals surface area contributed by atoms with Crippen molar-refractivity contribution in [2.24, 2.45) is 11.7 Å². The molecule has 2 rings (SSSR count). The van der Waals surface area contributed by atoms with Crippen LogP contribution in [0, 0.1) is 5.92 Å². The van der Waals surface area contributed by atoms with E-state index in [1.807, 2.05) is 24.3 Å². The molecule has 1 aliphatic heterocycles. The van der Waals surface area contributed by atoms with Gasteiger partial charge in [0.1, 0.15) is 6.04 Å². The van der Waals surface area contributed by atoms with Crippen LogP contribution in [-0.2, 0) is 9.53 Å². The zero-order valence-corrected chi connectivity index (χ0v) is 12.4. The fourth-order valence-corrected chi connectivity index (χ4v) is 2.71. The van der Waals surface area contributed by atoms with E-state index in [1.54, 1.807) is 12.0 Å². The first-order chi connectivity index (χ1) is 9.54. The maximum absolute atomic E-state index is 12.6. The minimum atomic E-state index is -0.622. The zero-order chi connectivity index (χ0) is 14.7. The maximum Gasteiger partial charge on any atom is 0.246 e. The number of methoxy groups -OCH3 is 1. The van der Waals surface area contributed by atoms with Crippen LogP contribution in [-0.4, -0.2) is 45.8 Å². The first-order valence-electron chi connectivity index (χ1n) is 6.90. The predicted octanol–water partition coefficient (Wildman–Crippen LogP) is 1.08. The predicted molar refractivity (Wildman–Crippen MR) is 81.1 cm³/mol. The number of hydrogen-bond acceptors (Lipinski definition) is 4. The first-order valence-corrected chi connectivity index (χ1v) is 6.90. The number of fused-ring (bicyclic) bond motifs is 1. The Kier molecular flexibility index (Phi) is 4.62. The Hall–Kier alpha value is -1.59. The standard InChI is InChI=1S/C15H23N3O2/c1-11-8-17(2)13-6-4-5-7-14(13)18(9-11)15(19)12(16)10-20-3/h4-7,11-12H,8-10,16H2,1-3H3. The zero-order valence-electron chi connectivity index (χ0n) is 12.4. The molecule has 0 aliphatic carbocycles. The van der Waals surface area contributed by atoms with Crippen molar-refractivity contribution in [2.75, 3.05) is 43.7 Å². The lowest BCUT2D eigenvalue weighted by molar-refractivity contribution is -0.121. The van der Waals surface area contributed by atoms with Gasteiger partial charge in [0.25, 0.3) is 0 Å². The average molecular weight is 277 g/mol. The van der Waals surface area contributed by atoms with Gasteiger partial charge in [-0.2, -0.15) is 0 Å². The molecule has 0 radical (unpaired) electrons. The summed E-state index contributed by atoms with van der Waals surface area (Å²) in [5.74, 6) is 0.299. The third-order valence-corrected chi connectivity index (χ3v) is 3.59. The Morgan fingerprint density at radius 3 is 2.70 bits per heavy atom. The van der Waals surface area contributed by atoms with Gasteiger partial charge in [0.15, 0.2) is 0 Å². The van der Waals surface area contributed by atoms with Crippen molar-refractivity contribution < 1.29 is 9.53 Å². The molecule has 0 bridgehead atoms. The molecule has 110 valence electrons. The fourth-order valence-electron chi connectivity index (χ4n) is 2.71. The normalized spacial score (nSPS) is 20.3. The first kappa shape index (κ1) is 14.8. The average Bonchev–Trinajstić information content (AvgIpc) is 2.56. The Balaban J connectivity index is 2.35. The van der Waals surface area contributed by atoms with Crippen molar-refractivity contribution >= 4 is 17.3 Å². The van der Waals surface area contributed by atoms with Gasteiger partial charge in [0.2, 0.25) is 5.91 Å². The van der Waals surface area contributed by atoms with Gasteiger partial charge in [-0.25, -0.2) is 0 Å². The van der Waals surface area contributed by atoms with Crippen molar-refractivity contribution in [1.29, 1.82) is 0 Å². The van der Waals surface area contributed by atoms with E-state index in [2.05, 4.69) is 18.9 Å². The summed E-state index contributed by atoms with van der Waals surface area (Å²) in [6.45, 7) is 3.98. The van der Waals surface area contributed by atoms with E-state index in [4.69, 9.17) is 10.5 Å². The van der Waals surface area contributed by atoms with Crippen LogP contribution in [0.2, 0.25) is 0 Å². The summed E-state index contributed by atoms with van der Waals surface area (Å²) in [5.41, 5.74) is 7.91. The lowest BCUT2D eigenvalue weighted by Gasteiger charge is -2.27. The lowest BCUT2D eigenvalue weighted by Crippen LogP contribution is -2.47. The Labute approximate surface area is 120 Å². The number of ether oxygens (including phenoxy) is 1. The molecule has 0 saturated carbocycles. The largest absolute Gasteiger partial charge is 0.383 e. The minimum Gasteiger partial charge on any atom is -0.383 e. The van der Waals surface area contributed by atoms with Crippen molar-refractivity contribution in [2.45, 2.75) is 13.0 Å². The van der Waals surface area contributed by atoms with Crippen LogP contribution in [0.4, 0.5) is 11.4 Å². The highest BCUT2D eigenvalue weighted by Crippen LogP contribution is 2.32. The number of carbonyl (C=O) groups is 1.